The summed E-state index contributed by atoms with van der Waals surface area (Å²) in [5.74, 6) is 0. The average Bonchev–Trinajstić information content (AvgIpc) is 2.25. The first kappa shape index (κ1) is 15.6. The third-order valence-electron chi connectivity index (χ3n) is 2.29. The second kappa shape index (κ2) is 6.10. The minimum atomic E-state index is -3.58. The van der Waals surface area contributed by atoms with Gasteiger partial charge in [-0.2, -0.15) is 4.31 Å². The second-order valence-corrected chi connectivity index (χ2v) is 7.40. The summed E-state index contributed by atoms with van der Waals surface area (Å²) >= 11 is 8.06. The zero-order chi connectivity index (χ0) is 13.9. The Morgan fingerprint density at radius 2 is 2.11 bits per heavy atom. The Balaban J connectivity index is 3.21. The lowest BCUT2D eigenvalue weighted by molar-refractivity contribution is 0.391. The van der Waals surface area contributed by atoms with Crippen molar-refractivity contribution >= 4 is 43.2 Å². The van der Waals surface area contributed by atoms with Gasteiger partial charge in [0.1, 0.15) is 0 Å². The third kappa shape index (κ3) is 3.74. The minimum Gasteiger partial charge on any atom is -0.392 e. The van der Waals surface area contributed by atoms with Crippen LogP contribution in [-0.4, -0.2) is 30.3 Å². The number of halogens is 1. The predicted octanol–water partition coefficient (Wildman–Crippen LogP) is 2.13. The second-order valence-electron chi connectivity index (χ2n) is 4.07. The molecule has 0 saturated heterocycles. The molecule has 0 aromatic heterocycles. The molecule has 0 spiro atoms. The van der Waals surface area contributed by atoms with Gasteiger partial charge in [0, 0.05) is 10.5 Å². The van der Waals surface area contributed by atoms with Crippen LogP contribution in [0.15, 0.2) is 33.6 Å². The van der Waals surface area contributed by atoms with Crippen LogP contribution >= 0.6 is 28.1 Å². The molecule has 18 heavy (non-hydrogen) atoms. The van der Waals surface area contributed by atoms with Crippen molar-refractivity contribution in [2.75, 3.05) is 6.54 Å². The molecule has 2 N–H and O–H groups in total. The summed E-state index contributed by atoms with van der Waals surface area (Å²) in [6.45, 7) is 3.61. The number of hydrogen-bond donors (Lipinski definition) is 1. The highest BCUT2D eigenvalue weighted by Gasteiger charge is 2.27. The maximum absolute atomic E-state index is 12.5. The van der Waals surface area contributed by atoms with Gasteiger partial charge >= 0.3 is 0 Å². The number of nitrogens with zero attached hydrogens (tertiary/aromatic N) is 1. The molecule has 1 aromatic rings. The van der Waals surface area contributed by atoms with Gasteiger partial charge in [0.25, 0.3) is 0 Å². The van der Waals surface area contributed by atoms with Gasteiger partial charge in [-0.15, -0.1) is 0 Å². The van der Waals surface area contributed by atoms with E-state index < -0.39 is 10.0 Å². The highest BCUT2D eigenvalue weighted by atomic mass is 79.9. The van der Waals surface area contributed by atoms with Crippen LogP contribution in [0.2, 0.25) is 0 Å². The van der Waals surface area contributed by atoms with Crippen LogP contribution in [0.25, 0.3) is 0 Å². The van der Waals surface area contributed by atoms with E-state index in [0.717, 1.165) is 0 Å². The fraction of sp³-hybridized carbons (Fsp3) is 0.364. The van der Waals surface area contributed by atoms with E-state index >= 15 is 0 Å². The first-order valence-electron chi connectivity index (χ1n) is 5.31. The van der Waals surface area contributed by atoms with Crippen LogP contribution in [0.3, 0.4) is 0 Å². The van der Waals surface area contributed by atoms with Crippen molar-refractivity contribution in [1.29, 1.82) is 0 Å². The van der Waals surface area contributed by atoms with Gasteiger partial charge in [0.2, 0.25) is 10.0 Å². The Morgan fingerprint density at radius 1 is 1.50 bits per heavy atom. The van der Waals surface area contributed by atoms with E-state index in [1.54, 1.807) is 38.1 Å². The van der Waals surface area contributed by atoms with E-state index in [1.165, 1.54) is 4.31 Å². The molecule has 0 unspecified atom stereocenters. The average molecular weight is 351 g/mol. The third-order valence-corrected chi connectivity index (χ3v) is 4.93. The van der Waals surface area contributed by atoms with Crippen molar-refractivity contribution in [1.82, 2.24) is 4.31 Å². The number of hydrogen-bond acceptors (Lipinski definition) is 3. The van der Waals surface area contributed by atoms with Gasteiger partial charge in [-0.25, -0.2) is 8.42 Å². The first-order chi connectivity index (χ1) is 8.25. The summed E-state index contributed by atoms with van der Waals surface area (Å²) in [4.78, 5) is 0.379. The van der Waals surface area contributed by atoms with Crippen molar-refractivity contribution in [2.45, 2.75) is 24.8 Å². The summed E-state index contributed by atoms with van der Waals surface area (Å²) in [7, 11) is -3.58. The molecule has 4 nitrogen and oxygen atoms in total. The Morgan fingerprint density at radius 3 is 2.56 bits per heavy atom. The molecular weight excluding hydrogens is 336 g/mol. The highest BCUT2D eigenvalue weighted by molar-refractivity contribution is 9.10. The molecule has 0 atom stereocenters. The van der Waals surface area contributed by atoms with Gasteiger partial charge in [0.15, 0.2) is 0 Å². The molecule has 1 rings (SSSR count). The van der Waals surface area contributed by atoms with Crippen LogP contribution in [0, 0.1) is 0 Å². The molecule has 0 aliphatic carbocycles. The van der Waals surface area contributed by atoms with Gasteiger partial charge in [-0.3, -0.25) is 0 Å². The Bertz CT molecular complexity index is 544. The minimum absolute atomic E-state index is 0.0435. The summed E-state index contributed by atoms with van der Waals surface area (Å²) in [5, 5.41) is 0. The van der Waals surface area contributed by atoms with Crippen molar-refractivity contribution in [3.8, 4) is 0 Å². The van der Waals surface area contributed by atoms with Crippen molar-refractivity contribution in [3.05, 3.63) is 28.7 Å². The molecule has 100 valence electrons. The molecule has 0 heterocycles. The molecule has 0 aliphatic heterocycles. The maximum Gasteiger partial charge on any atom is 0.243 e. The fourth-order valence-electron chi connectivity index (χ4n) is 1.46. The molecular formula is C11H15BrN2O2S2. The van der Waals surface area contributed by atoms with Crippen molar-refractivity contribution in [3.63, 3.8) is 0 Å². The van der Waals surface area contributed by atoms with Crippen LogP contribution in [0.4, 0.5) is 0 Å². The maximum atomic E-state index is 12.5. The Labute approximate surface area is 121 Å². The van der Waals surface area contributed by atoms with E-state index in [4.69, 9.17) is 18.0 Å². The monoisotopic (exact) mass is 350 g/mol. The van der Waals surface area contributed by atoms with E-state index in [9.17, 15) is 8.42 Å². The van der Waals surface area contributed by atoms with Crippen LogP contribution in [0.1, 0.15) is 13.8 Å². The Kier molecular flexibility index (Phi) is 5.27. The lowest BCUT2D eigenvalue weighted by Gasteiger charge is -2.25. The normalized spacial score (nSPS) is 12.1. The van der Waals surface area contributed by atoms with Gasteiger partial charge in [0.05, 0.1) is 16.4 Å². The largest absolute Gasteiger partial charge is 0.392 e. The summed E-state index contributed by atoms with van der Waals surface area (Å²) < 4.78 is 26.9. The smallest absolute Gasteiger partial charge is 0.243 e. The molecule has 7 heteroatoms. The molecule has 0 radical (unpaired) electrons. The van der Waals surface area contributed by atoms with E-state index in [1.807, 2.05) is 0 Å². The predicted molar refractivity (Wildman–Crippen MR) is 80.0 cm³/mol. The topological polar surface area (TPSA) is 63.4 Å². The van der Waals surface area contributed by atoms with Crippen molar-refractivity contribution in [2.24, 2.45) is 5.73 Å². The lowest BCUT2D eigenvalue weighted by Crippen LogP contribution is -2.42. The zero-order valence-corrected chi connectivity index (χ0v) is 13.3. The van der Waals surface area contributed by atoms with Gasteiger partial charge in [-0.1, -0.05) is 34.2 Å². The van der Waals surface area contributed by atoms with Gasteiger partial charge in [-0.05, 0) is 32.0 Å². The number of sulfonamides is 1. The van der Waals surface area contributed by atoms with Crippen LogP contribution < -0.4 is 5.73 Å². The van der Waals surface area contributed by atoms with Crippen molar-refractivity contribution < 1.29 is 8.42 Å². The highest BCUT2D eigenvalue weighted by Crippen LogP contribution is 2.21. The number of benzene rings is 1. The molecule has 0 saturated carbocycles. The summed E-state index contributed by atoms with van der Waals surface area (Å²) in [6, 6.07) is 6.34. The SMILES string of the molecule is CC(C)N(CC(N)=S)S(=O)(=O)c1cccc(Br)c1. The standard InChI is InChI=1S/C11H15BrN2O2S2/c1-8(2)14(7-11(13)17)18(15,16)10-5-3-4-9(12)6-10/h3-6,8H,7H2,1-2H3,(H2,13,17). The quantitative estimate of drug-likeness (QED) is 0.826. The first-order valence-corrected chi connectivity index (χ1v) is 7.95. The zero-order valence-electron chi connectivity index (χ0n) is 10.1. The van der Waals surface area contributed by atoms with E-state index in [-0.39, 0.29) is 22.5 Å². The molecule has 1 aromatic carbocycles. The fourth-order valence-corrected chi connectivity index (χ4v) is 3.89. The summed E-state index contributed by atoms with van der Waals surface area (Å²) in [6.07, 6.45) is 0. The van der Waals surface area contributed by atoms with Gasteiger partial charge < -0.3 is 5.73 Å². The van der Waals surface area contributed by atoms with Crippen LogP contribution in [0.5, 0.6) is 0 Å². The molecule has 0 bridgehead atoms. The number of thiocarbonyl (C=S) groups is 1. The van der Waals surface area contributed by atoms with Crippen LogP contribution in [-0.2, 0) is 10.0 Å². The van der Waals surface area contributed by atoms with E-state index in [0.29, 0.717) is 4.47 Å². The lowest BCUT2D eigenvalue weighted by atomic mass is 10.4. The number of nitrogens with two attached hydrogens (primary N) is 1. The molecule has 0 amide bonds. The molecule has 0 fully saturated rings. The number of rotatable bonds is 5. The van der Waals surface area contributed by atoms with E-state index in [2.05, 4.69) is 15.9 Å². The Hall–Kier alpha value is -0.500. The molecule has 0 aliphatic rings. The summed E-state index contributed by atoms with van der Waals surface area (Å²) in [5.41, 5.74) is 5.45.